The highest BCUT2D eigenvalue weighted by molar-refractivity contribution is 5.86. The summed E-state index contributed by atoms with van der Waals surface area (Å²) in [6.07, 6.45) is 3.75. The Morgan fingerprint density at radius 2 is 2.05 bits per heavy atom. The Morgan fingerprint density at radius 1 is 1.19 bits per heavy atom. The average molecular weight is 282 g/mol. The van der Waals surface area contributed by atoms with Gasteiger partial charge in [-0.15, -0.1) is 0 Å². The molecule has 2 aromatic heterocycles. The van der Waals surface area contributed by atoms with Crippen molar-refractivity contribution >= 4 is 28.6 Å². The van der Waals surface area contributed by atoms with Crippen molar-refractivity contribution in [2.45, 2.75) is 19.8 Å². The van der Waals surface area contributed by atoms with Crippen molar-refractivity contribution in [1.82, 2.24) is 19.9 Å². The van der Waals surface area contributed by atoms with Crippen LogP contribution in [0, 0.1) is 0 Å². The number of H-pyrrole nitrogens is 1. The second-order valence-corrected chi connectivity index (χ2v) is 4.78. The molecular weight excluding hydrogens is 264 g/mol. The third kappa shape index (κ3) is 2.65. The summed E-state index contributed by atoms with van der Waals surface area (Å²) in [6.45, 7) is 2.17. The lowest BCUT2D eigenvalue weighted by Gasteiger charge is -2.12. The summed E-state index contributed by atoms with van der Waals surface area (Å²) < 4.78 is 0. The van der Waals surface area contributed by atoms with Gasteiger partial charge in [-0.3, -0.25) is 0 Å². The highest BCUT2D eigenvalue weighted by Gasteiger charge is 2.10. The van der Waals surface area contributed by atoms with Crippen molar-refractivity contribution in [2.75, 3.05) is 17.7 Å². The molecule has 6 heteroatoms. The third-order valence-corrected chi connectivity index (χ3v) is 3.30. The summed E-state index contributed by atoms with van der Waals surface area (Å²) in [7, 11) is 1.79. The molecule has 0 unspecified atom stereocenters. The number of nitrogens with one attached hydrogen (secondary N) is 3. The Labute approximate surface area is 123 Å². The molecule has 6 nitrogen and oxygen atoms in total. The first kappa shape index (κ1) is 13.4. The van der Waals surface area contributed by atoms with Crippen molar-refractivity contribution in [1.29, 1.82) is 0 Å². The van der Waals surface area contributed by atoms with Crippen molar-refractivity contribution in [3.05, 3.63) is 36.2 Å². The van der Waals surface area contributed by atoms with Gasteiger partial charge >= 0.3 is 0 Å². The number of imidazole rings is 1. The maximum atomic E-state index is 4.48. The van der Waals surface area contributed by atoms with Crippen LogP contribution in [-0.2, 0) is 6.42 Å². The van der Waals surface area contributed by atoms with E-state index in [1.165, 1.54) is 5.56 Å². The van der Waals surface area contributed by atoms with Gasteiger partial charge in [0.15, 0.2) is 11.5 Å². The Hall–Kier alpha value is -2.63. The molecular formula is C15H18N6. The SMILES string of the molecule is CCCc1ccccc1Nc1nc(NC)nc2nc[nH]c12. The fourth-order valence-electron chi connectivity index (χ4n) is 2.29. The molecule has 0 bridgehead atoms. The number of fused-ring (bicyclic) bond motifs is 1. The van der Waals surface area contributed by atoms with E-state index in [0.29, 0.717) is 11.6 Å². The van der Waals surface area contributed by atoms with Crippen LogP contribution in [0.2, 0.25) is 0 Å². The predicted molar refractivity (Wildman–Crippen MR) is 85.0 cm³/mol. The van der Waals surface area contributed by atoms with Gasteiger partial charge in [0, 0.05) is 12.7 Å². The van der Waals surface area contributed by atoms with Crippen LogP contribution in [0.3, 0.4) is 0 Å². The van der Waals surface area contributed by atoms with Crippen LogP contribution < -0.4 is 10.6 Å². The number of benzene rings is 1. The van der Waals surface area contributed by atoms with Crippen molar-refractivity contribution in [3.8, 4) is 0 Å². The molecule has 0 spiro atoms. The van der Waals surface area contributed by atoms with E-state index in [4.69, 9.17) is 0 Å². The maximum Gasteiger partial charge on any atom is 0.226 e. The minimum atomic E-state index is 0.546. The fraction of sp³-hybridized carbons (Fsp3) is 0.267. The van der Waals surface area contributed by atoms with Crippen LogP contribution in [0.4, 0.5) is 17.5 Å². The average Bonchev–Trinajstić information content (AvgIpc) is 2.98. The molecule has 3 rings (SSSR count). The van der Waals surface area contributed by atoms with E-state index in [2.05, 4.69) is 55.7 Å². The maximum absolute atomic E-state index is 4.48. The number of aromatic nitrogens is 4. The van der Waals surface area contributed by atoms with Crippen LogP contribution >= 0.6 is 0 Å². The van der Waals surface area contributed by atoms with E-state index in [9.17, 15) is 0 Å². The molecule has 0 amide bonds. The minimum Gasteiger partial charge on any atom is -0.357 e. The molecule has 0 aliphatic rings. The molecule has 0 radical (unpaired) electrons. The third-order valence-electron chi connectivity index (χ3n) is 3.30. The molecule has 0 fully saturated rings. The van der Waals surface area contributed by atoms with Crippen LogP contribution in [0.15, 0.2) is 30.6 Å². The Kier molecular flexibility index (Phi) is 3.68. The monoisotopic (exact) mass is 282 g/mol. The van der Waals surface area contributed by atoms with Gasteiger partial charge in [-0.2, -0.15) is 9.97 Å². The van der Waals surface area contributed by atoms with Crippen LogP contribution in [0.25, 0.3) is 11.2 Å². The lowest BCUT2D eigenvalue weighted by atomic mass is 10.1. The summed E-state index contributed by atoms with van der Waals surface area (Å²) in [5, 5.41) is 6.36. The molecule has 108 valence electrons. The van der Waals surface area contributed by atoms with Crippen LogP contribution in [-0.4, -0.2) is 27.0 Å². The lowest BCUT2D eigenvalue weighted by molar-refractivity contribution is 0.923. The number of aromatic amines is 1. The Morgan fingerprint density at radius 3 is 2.86 bits per heavy atom. The lowest BCUT2D eigenvalue weighted by Crippen LogP contribution is -2.03. The summed E-state index contributed by atoms with van der Waals surface area (Å²) in [4.78, 5) is 16.1. The zero-order valence-electron chi connectivity index (χ0n) is 12.1. The van der Waals surface area contributed by atoms with E-state index in [-0.39, 0.29) is 0 Å². The number of hydrogen-bond acceptors (Lipinski definition) is 5. The molecule has 1 aromatic carbocycles. The van der Waals surface area contributed by atoms with Crippen LogP contribution in [0.1, 0.15) is 18.9 Å². The van der Waals surface area contributed by atoms with Crippen molar-refractivity contribution in [2.24, 2.45) is 0 Å². The van der Waals surface area contributed by atoms with Gasteiger partial charge in [-0.1, -0.05) is 31.5 Å². The molecule has 0 aliphatic carbocycles. The quantitative estimate of drug-likeness (QED) is 0.670. The molecule has 3 N–H and O–H groups in total. The normalized spacial score (nSPS) is 10.8. The van der Waals surface area contributed by atoms with Crippen molar-refractivity contribution in [3.63, 3.8) is 0 Å². The van der Waals surface area contributed by atoms with Crippen molar-refractivity contribution < 1.29 is 0 Å². The van der Waals surface area contributed by atoms with Gasteiger partial charge in [0.2, 0.25) is 5.95 Å². The van der Waals surface area contributed by atoms with E-state index < -0.39 is 0 Å². The van der Waals surface area contributed by atoms with Gasteiger partial charge < -0.3 is 15.6 Å². The largest absolute Gasteiger partial charge is 0.357 e. The van der Waals surface area contributed by atoms with Gasteiger partial charge in [0.05, 0.1) is 6.33 Å². The standard InChI is InChI=1S/C15H18N6/c1-3-6-10-7-4-5-8-11(10)19-14-12-13(18-9-17-12)20-15(16-2)21-14/h4-5,7-9H,3,6H2,1-2H3,(H3,16,17,18,19,20,21). The van der Waals surface area contributed by atoms with Gasteiger partial charge in [-0.05, 0) is 18.1 Å². The van der Waals surface area contributed by atoms with Gasteiger partial charge in [-0.25, -0.2) is 4.98 Å². The number of aryl methyl sites for hydroxylation is 1. The fourth-order valence-corrected chi connectivity index (χ4v) is 2.29. The van der Waals surface area contributed by atoms with E-state index in [1.807, 2.05) is 6.07 Å². The molecule has 0 saturated heterocycles. The second kappa shape index (κ2) is 5.78. The zero-order chi connectivity index (χ0) is 14.7. The molecule has 2 heterocycles. The highest BCUT2D eigenvalue weighted by Crippen LogP contribution is 2.25. The number of rotatable bonds is 5. The van der Waals surface area contributed by atoms with E-state index in [1.54, 1.807) is 13.4 Å². The summed E-state index contributed by atoms with van der Waals surface area (Å²) in [5.74, 6) is 1.27. The number of para-hydroxylation sites is 1. The Balaban J connectivity index is 2.03. The smallest absolute Gasteiger partial charge is 0.226 e. The summed E-state index contributed by atoms with van der Waals surface area (Å²) in [5.41, 5.74) is 3.79. The first-order chi connectivity index (χ1) is 10.3. The molecule has 3 aromatic rings. The van der Waals surface area contributed by atoms with Gasteiger partial charge in [0.25, 0.3) is 0 Å². The Bertz CT molecular complexity index is 749. The van der Waals surface area contributed by atoms with Gasteiger partial charge in [0.1, 0.15) is 5.52 Å². The van der Waals surface area contributed by atoms with Crippen LogP contribution in [0.5, 0.6) is 0 Å². The molecule has 0 aliphatic heterocycles. The summed E-state index contributed by atoms with van der Waals surface area (Å²) in [6, 6.07) is 8.28. The zero-order valence-corrected chi connectivity index (χ0v) is 12.1. The predicted octanol–water partition coefficient (Wildman–Crippen LogP) is 3.09. The number of nitrogens with zero attached hydrogens (tertiary/aromatic N) is 3. The number of anilines is 3. The summed E-state index contributed by atoms with van der Waals surface area (Å²) >= 11 is 0. The molecule has 0 saturated carbocycles. The topological polar surface area (TPSA) is 78.5 Å². The first-order valence-corrected chi connectivity index (χ1v) is 7.05. The molecule has 21 heavy (non-hydrogen) atoms. The minimum absolute atomic E-state index is 0.546. The second-order valence-electron chi connectivity index (χ2n) is 4.78. The highest BCUT2D eigenvalue weighted by atomic mass is 15.2. The first-order valence-electron chi connectivity index (χ1n) is 7.05. The number of hydrogen-bond donors (Lipinski definition) is 3. The molecule has 0 atom stereocenters. The van der Waals surface area contributed by atoms with E-state index >= 15 is 0 Å². The van der Waals surface area contributed by atoms with E-state index in [0.717, 1.165) is 29.9 Å².